The summed E-state index contributed by atoms with van der Waals surface area (Å²) < 4.78 is 30.6. The van der Waals surface area contributed by atoms with E-state index < -0.39 is 20.0 Å². The summed E-state index contributed by atoms with van der Waals surface area (Å²) in [5, 5.41) is 3.05. The molecule has 0 fully saturated rings. The summed E-state index contributed by atoms with van der Waals surface area (Å²) in [5.41, 5.74) is 0. The van der Waals surface area contributed by atoms with Crippen molar-refractivity contribution in [3.05, 3.63) is 60.8 Å². The summed E-state index contributed by atoms with van der Waals surface area (Å²) >= 11 is 0. The Morgan fingerprint density at radius 2 is 0.838 bits per heavy atom. The Labute approximate surface area is 458 Å². The number of likely N-dealkylation sites (N-methyl/N-ethyl adjacent to an activating group) is 1. The van der Waals surface area contributed by atoms with Crippen LogP contribution < -0.4 is 5.32 Å². The SMILES string of the molecule is CCCCC/C=C\C/C=C\C/C=C\C/C=C\CCCC(=O)OC(/C=C/CCCCCCCCCCCC)C(COP(=O)(O)OCC[N+](C)(C)C)NC(=O)CCCCCCCCCCCCCCCCCCCCC. The molecule has 0 heterocycles. The van der Waals surface area contributed by atoms with Gasteiger partial charge in [-0.1, -0.05) is 262 Å². The number of hydrogen-bond acceptors (Lipinski definition) is 6. The number of carbonyl (C=O) groups excluding carboxylic acids is 2. The van der Waals surface area contributed by atoms with E-state index in [-0.39, 0.29) is 31.5 Å². The van der Waals surface area contributed by atoms with Crippen LogP contribution in [-0.4, -0.2) is 74.3 Å². The lowest BCUT2D eigenvalue weighted by molar-refractivity contribution is -0.870. The summed E-state index contributed by atoms with van der Waals surface area (Å²) in [6, 6.07) is -0.869. The molecule has 9 nitrogen and oxygen atoms in total. The van der Waals surface area contributed by atoms with Crippen LogP contribution in [0.2, 0.25) is 0 Å². The minimum absolute atomic E-state index is 0.0321. The minimum Gasteiger partial charge on any atom is -0.456 e. The topological polar surface area (TPSA) is 111 Å². The van der Waals surface area contributed by atoms with Gasteiger partial charge in [-0.25, -0.2) is 4.57 Å². The highest BCUT2D eigenvalue weighted by molar-refractivity contribution is 7.47. The Balaban J connectivity index is 5.32. The third-order valence-electron chi connectivity index (χ3n) is 13.7. The Kier molecular flexibility index (Phi) is 52.4. The lowest BCUT2D eigenvalue weighted by atomic mass is 10.0. The number of unbranched alkanes of at least 4 members (excludes halogenated alkanes) is 32. The Hall–Kier alpha value is -2.29. The van der Waals surface area contributed by atoms with Gasteiger partial charge < -0.3 is 19.4 Å². The summed E-state index contributed by atoms with van der Waals surface area (Å²) in [6.45, 7) is 6.97. The van der Waals surface area contributed by atoms with Gasteiger partial charge in [-0.15, -0.1) is 0 Å². The summed E-state index contributed by atoms with van der Waals surface area (Å²) in [5.74, 6) is -0.562. The molecule has 0 aromatic carbocycles. The number of phosphoric acid groups is 1. The lowest BCUT2D eigenvalue weighted by Crippen LogP contribution is -2.47. The van der Waals surface area contributed by atoms with E-state index >= 15 is 0 Å². The molecule has 432 valence electrons. The van der Waals surface area contributed by atoms with Crippen molar-refractivity contribution in [3.63, 3.8) is 0 Å². The zero-order valence-corrected chi connectivity index (χ0v) is 50.2. The second-order valence-electron chi connectivity index (χ2n) is 22.2. The zero-order chi connectivity index (χ0) is 54.3. The molecular weight excluding hydrogens is 940 g/mol. The fourth-order valence-corrected chi connectivity index (χ4v) is 9.61. The predicted molar refractivity (Wildman–Crippen MR) is 318 cm³/mol. The standard InChI is InChI=1S/C64H119N2O7P/c1-7-10-13-16-19-22-25-28-30-32-33-35-36-38-41-44-47-50-53-56-63(67)65-61(60-72-74(69,70)71-59-58-66(4,5)6)62(55-52-49-46-43-40-27-24-21-18-15-12-9-3)73-64(68)57-54-51-48-45-42-39-37-34-31-29-26-23-20-17-14-11-8-2/h20,23,29,31,37,39,45,48,52,55,61-62H,7-19,21-22,24-28,30,32-36,38,40-44,46-47,49-51,53-54,56-60H2,1-6H3,(H-,65,67,69,70)/p+1/b23-20-,31-29-,39-37-,48-45-,55-52+. The van der Waals surface area contributed by atoms with E-state index in [0.29, 0.717) is 23.9 Å². The highest BCUT2D eigenvalue weighted by Crippen LogP contribution is 2.43. The Morgan fingerprint density at radius 1 is 0.473 bits per heavy atom. The monoisotopic (exact) mass is 1060 g/mol. The number of rotatable bonds is 56. The Bertz CT molecular complexity index is 1450. The first-order valence-corrected chi connectivity index (χ1v) is 32.6. The second-order valence-corrected chi connectivity index (χ2v) is 23.7. The van der Waals surface area contributed by atoms with Gasteiger partial charge in [0.15, 0.2) is 0 Å². The van der Waals surface area contributed by atoms with Crippen LogP contribution in [0.3, 0.4) is 0 Å². The molecule has 0 aromatic rings. The molecule has 0 aliphatic heterocycles. The number of ether oxygens (including phenoxy) is 1. The van der Waals surface area contributed by atoms with Crippen LogP contribution in [0.25, 0.3) is 0 Å². The minimum atomic E-state index is -4.46. The third-order valence-corrected chi connectivity index (χ3v) is 14.7. The van der Waals surface area contributed by atoms with Gasteiger partial charge in [-0.3, -0.25) is 18.6 Å². The largest absolute Gasteiger partial charge is 0.472 e. The van der Waals surface area contributed by atoms with Gasteiger partial charge in [-0.2, -0.15) is 0 Å². The van der Waals surface area contributed by atoms with Gasteiger partial charge in [0.1, 0.15) is 19.3 Å². The van der Waals surface area contributed by atoms with Gasteiger partial charge in [0.2, 0.25) is 5.91 Å². The van der Waals surface area contributed by atoms with Crippen LogP contribution in [-0.2, 0) is 27.9 Å². The van der Waals surface area contributed by atoms with Crippen LogP contribution >= 0.6 is 7.82 Å². The van der Waals surface area contributed by atoms with Crippen LogP contribution in [0.4, 0.5) is 0 Å². The molecule has 0 saturated heterocycles. The van der Waals surface area contributed by atoms with Crippen molar-refractivity contribution in [2.75, 3.05) is 40.9 Å². The van der Waals surface area contributed by atoms with Gasteiger partial charge >= 0.3 is 13.8 Å². The highest BCUT2D eigenvalue weighted by Gasteiger charge is 2.30. The molecule has 0 spiro atoms. The second kappa shape index (κ2) is 54.1. The van der Waals surface area contributed by atoms with Crippen molar-refractivity contribution in [1.29, 1.82) is 0 Å². The molecule has 0 saturated carbocycles. The maximum absolute atomic E-state index is 13.5. The molecule has 0 aliphatic rings. The predicted octanol–water partition coefficient (Wildman–Crippen LogP) is 19.1. The molecule has 3 unspecified atom stereocenters. The summed E-state index contributed by atoms with van der Waals surface area (Å²) in [4.78, 5) is 37.7. The van der Waals surface area contributed by atoms with E-state index in [4.69, 9.17) is 13.8 Å². The normalized spacial score (nSPS) is 14.1. The maximum Gasteiger partial charge on any atom is 0.472 e. The molecule has 10 heteroatoms. The lowest BCUT2D eigenvalue weighted by Gasteiger charge is -2.27. The average Bonchev–Trinajstić information content (AvgIpc) is 3.36. The molecule has 74 heavy (non-hydrogen) atoms. The van der Waals surface area contributed by atoms with Gasteiger partial charge in [0.25, 0.3) is 0 Å². The first kappa shape index (κ1) is 71.7. The quantitative estimate of drug-likeness (QED) is 0.0205. The van der Waals surface area contributed by atoms with Crippen molar-refractivity contribution >= 4 is 19.7 Å². The van der Waals surface area contributed by atoms with Crippen molar-refractivity contribution in [1.82, 2.24) is 5.32 Å². The van der Waals surface area contributed by atoms with Crippen molar-refractivity contribution < 1.29 is 37.3 Å². The van der Waals surface area contributed by atoms with Gasteiger partial charge in [-0.05, 0) is 70.3 Å². The fourth-order valence-electron chi connectivity index (χ4n) is 8.87. The fraction of sp³-hybridized carbons (Fsp3) is 0.812. The average molecular weight is 1060 g/mol. The molecule has 0 bridgehead atoms. The van der Waals surface area contributed by atoms with Crippen LogP contribution in [0, 0.1) is 0 Å². The van der Waals surface area contributed by atoms with Crippen molar-refractivity contribution in [2.45, 2.75) is 296 Å². The van der Waals surface area contributed by atoms with Gasteiger partial charge in [0.05, 0.1) is 33.8 Å². The maximum atomic E-state index is 13.5. The van der Waals surface area contributed by atoms with Crippen LogP contribution in [0.15, 0.2) is 60.8 Å². The van der Waals surface area contributed by atoms with E-state index in [1.54, 1.807) is 0 Å². The van der Waals surface area contributed by atoms with E-state index in [9.17, 15) is 19.0 Å². The number of allylic oxidation sites excluding steroid dienone is 9. The summed E-state index contributed by atoms with van der Waals surface area (Å²) in [6.07, 6.45) is 67.9. The number of nitrogens with one attached hydrogen (secondary N) is 1. The van der Waals surface area contributed by atoms with Crippen LogP contribution in [0.1, 0.15) is 284 Å². The number of hydrogen-bond donors (Lipinski definition) is 2. The smallest absolute Gasteiger partial charge is 0.456 e. The number of carbonyl (C=O) groups is 2. The molecule has 0 rings (SSSR count). The Morgan fingerprint density at radius 3 is 1.28 bits per heavy atom. The van der Waals surface area contributed by atoms with E-state index in [1.165, 1.54) is 180 Å². The van der Waals surface area contributed by atoms with Crippen molar-refractivity contribution in [2.24, 2.45) is 0 Å². The molecule has 0 aliphatic carbocycles. The molecule has 2 N–H and O–H groups in total. The first-order chi connectivity index (χ1) is 35.9. The zero-order valence-electron chi connectivity index (χ0n) is 49.3. The van der Waals surface area contributed by atoms with E-state index in [0.717, 1.165) is 64.2 Å². The highest BCUT2D eigenvalue weighted by atomic mass is 31.2. The third kappa shape index (κ3) is 54.5. The molecule has 0 aromatic heterocycles. The van der Waals surface area contributed by atoms with Gasteiger partial charge in [0, 0.05) is 12.8 Å². The molecule has 1 amide bonds. The number of phosphoric ester groups is 1. The number of amides is 1. The number of nitrogens with zero attached hydrogens (tertiary/aromatic N) is 1. The molecular formula is C64H120N2O7P+. The number of quaternary nitrogens is 1. The van der Waals surface area contributed by atoms with E-state index in [1.807, 2.05) is 33.3 Å². The van der Waals surface area contributed by atoms with Crippen molar-refractivity contribution in [3.8, 4) is 0 Å². The van der Waals surface area contributed by atoms with Crippen LogP contribution in [0.5, 0.6) is 0 Å². The first-order valence-electron chi connectivity index (χ1n) is 31.1. The number of esters is 1. The summed E-state index contributed by atoms with van der Waals surface area (Å²) in [7, 11) is 1.47. The van der Waals surface area contributed by atoms with E-state index in [2.05, 4.69) is 74.7 Å². The molecule has 0 radical (unpaired) electrons. The molecule has 3 atom stereocenters.